The molecular weight excluding hydrogens is 264 g/mol. The first-order chi connectivity index (χ1) is 10.2. The van der Waals surface area contributed by atoms with E-state index in [1.807, 2.05) is 37.3 Å². The van der Waals surface area contributed by atoms with Crippen molar-refractivity contribution < 1.29 is 9.47 Å². The molecule has 0 unspecified atom stereocenters. The minimum absolute atomic E-state index is 0.359. The first-order valence-corrected chi connectivity index (χ1v) is 6.65. The molecule has 21 heavy (non-hydrogen) atoms. The monoisotopic (exact) mass is 282 g/mol. The van der Waals surface area contributed by atoms with Gasteiger partial charge >= 0.3 is 0 Å². The van der Waals surface area contributed by atoms with Gasteiger partial charge in [-0.2, -0.15) is 0 Å². The normalized spacial score (nSPS) is 9.67. The maximum Gasteiger partial charge on any atom is 0.219 e. The zero-order valence-electron chi connectivity index (χ0n) is 12.2. The number of hydrogen-bond acceptors (Lipinski definition) is 4. The highest BCUT2D eigenvalue weighted by molar-refractivity contribution is 5.43. The van der Waals surface area contributed by atoms with Crippen molar-refractivity contribution in [3.63, 3.8) is 0 Å². The highest BCUT2D eigenvalue weighted by Crippen LogP contribution is 2.22. The molecule has 0 atom stereocenters. The van der Waals surface area contributed by atoms with Crippen LogP contribution in [0.1, 0.15) is 16.7 Å². The zero-order chi connectivity index (χ0) is 15.1. The highest BCUT2D eigenvalue weighted by Gasteiger charge is 2.06. The van der Waals surface area contributed by atoms with Gasteiger partial charge in [0.1, 0.15) is 12.4 Å². The van der Waals surface area contributed by atoms with Gasteiger partial charge in [-0.3, -0.25) is 0 Å². The van der Waals surface area contributed by atoms with Crippen molar-refractivity contribution in [3.8, 4) is 23.5 Å². The number of aromatic nitrogens is 1. The van der Waals surface area contributed by atoms with Crippen molar-refractivity contribution in [3.05, 3.63) is 53.2 Å². The molecule has 0 aliphatic heterocycles. The lowest BCUT2D eigenvalue weighted by molar-refractivity contribution is 0.292. The SMILES string of the molecule is COc1ncccc1COc1ccc(C#CCN)cc1C. The van der Waals surface area contributed by atoms with Crippen molar-refractivity contribution in [1.29, 1.82) is 0 Å². The van der Waals surface area contributed by atoms with E-state index in [4.69, 9.17) is 15.2 Å². The van der Waals surface area contributed by atoms with Gasteiger partial charge in [-0.25, -0.2) is 4.98 Å². The Labute approximate surface area is 124 Å². The van der Waals surface area contributed by atoms with Crippen LogP contribution in [-0.2, 0) is 6.61 Å². The first kappa shape index (κ1) is 14.9. The lowest BCUT2D eigenvalue weighted by Crippen LogP contribution is -2.01. The molecule has 2 aromatic rings. The molecule has 2 rings (SSSR count). The summed E-state index contributed by atoms with van der Waals surface area (Å²) in [6, 6.07) is 9.62. The number of benzene rings is 1. The lowest BCUT2D eigenvalue weighted by Gasteiger charge is -2.11. The van der Waals surface area contributed by atoms with Gasteiger partial charge in [-0.15, -0.1) is 0 Å². The van der Waals surface area contributed by atoms with Crippen LogP contribution < -0.4 is 15.2 Å². The molecule has 0 fully saturated rings. The van der Waals surface area contributed by atoms with Gasteiger partial charge in [0.25, 0.3) is 0 Å². The van der Waals surface area contributed by atoms with Crippen molar-refractivity contribution in [2.24, 2.45) is 5.73 Å². The fourth-order valence-electron chi connectivity index (χ4n) is 1.92. The second-order valence-corrected chi connectivity index (χ2v) is 4.45. The van der Waals surface area contributed by atoms with Crippen LogP contribution >= 0.6 is 0 Å². The third kappa shape index (κ3) is 3.98. The number of pyridine rings is 1. The van der Waals surface area contributed by atoms with Gasteiger partial charge in [0.2, 0.25) is 5.88 Å². The zero-order valence-corrected chi connectivity index (χ0v) is 12.2. The van der Waals surface area contributed by atoms with Crippen LogP contribution in [0.2, 0.25) is 0 Å². The Morgan fingerprint density at radius 1 is 1.29 bits per heavy atom. The minimum Gasteiger partial charge on any atom is -0.488 e. The van der Waals surface area contributed by atoms with Crippen LogP contribution in [0.15, 0.2) is 36.5 Å². The van der Waals surface area contributed by atoms with E-state index >= 15 is 0 Å². The Hall–Kier alpha value is -2.51. The molecule has 0 amide bonds. The van der Waals surface area contributed by atoms with Crippen molar-refractivity contribution in [2.45, 2.75) is 13.5 Å². The molecular formula is C17H18N2O2. The molecule has 0 spiro atoms. The molecule has 4 heteroatoms. The molecule has 0 radical (unpaired) electrons. The first-order valence-electron chi connectivity index (χ1n) is 6.65. The summed E-state index contributed by atoms with van der Waals surface area (Å²) in [5.74, 6) is 7.24. The number of aryl methyl sites for hydroxylation is 1. The molecule has 1 aromatic carbocycles. The Kier molecular flexibility index (Phi) is 5.19. The topological polar surface area (TPSA) is 57.4 Å². The Balaban J connectivity index is 2.10. The molecule has 0 saturated heterocycles. The predicted octanol–water partition coefficient (Wildman–Crippen LogP) is 2.29. The third-order valence-electron chi connectivity index (χ3n) is 2.94. The standard InChI is InChI=1S/C17H18N2O2/c1-13-11-14(5-3-9-18)7-8-16(13)21-12-15-6-4-10-19-17(15)20-2/h4,6-8,10-11H,9,12,18H2,1-2H3. The van der Waals surface area contributed by atoms with Crippen LogP contribution in [-0.4, -0.2) is 18.6 Å². The van der Waals surface area contributed by atoms with Gasteiger partial charge in [-0.05, 0) is 42.8 Å². The van der Waals surface area contributed by atoms with Crippen LogP contribution in [0.3, 0.4) is 0 Å². The van der Waals surface area contributed by atoms with E-state index < -0.39 is 0 Å². The molecule has 0 aliphatic carbocycles. The van der Waals surface area contributed by atoms with Gasteiger partial charge < -0.3 is 15.2 Å². The molecule has 1 heterocycles. The highest BCUT2D eigenvalue weighted by atomic mass is 16.5. The largest absolute Gasteiger partial charge is 0.488 e. The summed E-state index contributed by atoms with van der Waals surface area (Å²) in [4.78, 5) is 4.15. The number of nitrogens with zero attached hydrogens (tertiary/aromatic N) is 1. The number of nitrogens with two attached hydrogens (primary N) is 1. The molecule has 0 bridgehead atoms. The Morgan fingerprint density at radius 2 is 2.14 bits per heavy atom. The van der Waals surface area contributed by atoms with Crippen molar-refractivity contribution >= 4 is 0 Å². The average Bonchev–Trinajstić information content (AvgIpc) is 2.52. The fourth-order valence-corrected chi connectivity index (χ4v) is 1.92. The summed E-state index contributed by atoms with van der Waals surface area (Å²) in [7, 11) is 1.60. The third-order valence-corrected chi connectivity index (χ3v) is 2.94. The smallest absolute Gasteiger partial charge is 0.219 e. The minimum atomic E-state index is 0.359. The van der Waals surface area contributed by atoms with E-state index in [1.165, 1.54) is 0 Å². The maximum absolute atomic E-state index is 5.83. The van der Waals surface area contributed by atoms with Crippen LogP contribution in [0.5, 0.6) is 11.6 Å². The summed E-state index contributed by atoms with van der Waals surface area (Å²) in [5, 5.41) is 0. The molecule has 1 aromatic heterocycles. The van der Waals surface area contributed by atoms with E-state index in [9.17, 15) is 0 Å². The van der Waals surface area contributed by atoms with Crippen molar-refractivity contribution in [1.82, 2.24) is 4.98 Å². The van der Waals surface area contributed by atoms with Crippen molar-refractivity contribution in [2.75, 3.05) is 13.7 Å². The summed E-state index contributed by atoms with van der Waals surface area (Å²) in [6.45, 7) is 2.76. The summed E-state index contributed by atoms with van der Waals surface area (Å²) >= 11 is 0. The summed E-state index contributed by atoms with van der Waals surface area (Å²) in [6.07, 6.45) is 1.69. The fraction of sp³-hybridized carbons (Fsp3) is 0.235. The maximum atomic E-state index is 5.83. The number of hydrogen-bond donors (Lipinski definition) is 1. The Bertz CT molecular complexity index is 672. The summed E-state index contributed by atoms with van der Waals surface area (Å²) in [5.41, 5.74) is 8.24. The van der Waals surface area contributed by atoms with E-state index in [-0.39, 0.29) is 0 Å². The molecule has 0 aliphatic rings. The molecule has 108 valence electrons. The molecule has 4 nitrogen and oxygen atoms in total. The predicted molar refractivity (Wildman–Crippen MR) is 82.2 cm³/mol. The van der Waals surface area contributed by atoms with E-state index in [0.29, 0.717) is 19.0 Å². The van der Waals surface area contributed by atoms with E-state index in [1.54, 1.807) is 13.3 Å². The molecule has 0 saturated carbocycles. The average molecular weight is 282 g/mol. The number of methoxy groups -OCH3 is 1. The Morgan fingerprint density at radius 3 is 2.86 bits per heavy atom. The van der Waals surface area contributed by atoms with Gasteiger partial charge in [0.15, 0.2) is 0 Å². The van der Waals surface area contributed by atoms with Gasteiger partial charge in [-0.1, -0.05) is 11.8 Å². The second-order valence-electron chi connectivity index (χ2n) is 4.45. The number of rotatable bonds is 4. The van der Waals surface area contributed by atoms with Crippen LogP contribution in [0.4, 0.5) is 0 Å². The quantitative estimate of drug-likeness (QED) is 0.874. The van der Waals surface area contributed by atoms with E-state index in [2.05, 4.69) is 16.8 Å². The molecule has 2 N–H and O–H groups in total. The van der Waals surface area contributed by atoms with Gasteiger partial charge in [0.05, 0.1) is 19.2 Å². The van der Waals surface area contributed by atoms with Crippen LogP contribution in [0, 0.1) is 18.8 Å². The van der Waals surface area contributed by atoms with Gasteiger partial charge in [0, 0.05) is 11.8 Å². The lowest BCUT2D eigenvalue weighted by atomic mass is 10.1. The summed E-state index contributed by atoms with van der Waals surface area (Å²) < 4.78 is 11.0. The number of ether oxygens (including phenoxy) is 2. The van der Waals surface area contributed by atoms with Crippen LogP contribution in [0.25, 0.3) is 0 Å². The van der Waals surface area contributed by atoms with E-state index in [0.717, 1.165) is 22.4 Å². The second kappa shape index (κ2) is 7.32.